The molecule has 0 unspecified atom stereocenters. The lowest BCUT2D eigenvalue weighted by atomic mass is 10.1. The van der Waals surface area contributed by atoms with Gasteiger partial charge in [0.15, 0.2) is 5.75 Å². The molecule has 0 aliphatic heterocycles. The number of hydrogen-bond donors (Lipinski definition) is 1. The zero-order valence-corrected chi connectivity index (χ0v) is 13.8. The molecule has 3 rings (SSSR count). The van der Waals surface area contributed by atoms with Crippen LogP contribution in [0.4, 0.5) is 11.4 Å². The van der Waals surface area contributed by atoms with Crippen molar-refractivity contribution in [2.24, 2.45) is 10.2 Å². The van der Waals surface area contributed by atoms with Crippen molar-refractivity contribution in [3.8, 4) is 5.75 Å². The Bertz CT molecular complexity index is 846. The predicted octanol–water partition coefficient (Wildman–Crippen LogP) is 6.46. The molecule has 0 amide bonds. The minimum absolute atomic E-state index is 0.172. The number of nitrogens with zero attached hydrogens (tertiary/aromatic N) is 2. The Hall–Kier alpha value is -2.33. The molecule has 0 spiro atoms. The first-order valence-electron chi connectivity index (χ1n) is 7.64. The number of rotatable bonds is 5. The molecule has 0 fully saturated rings. The summed E-state index contributed by atoms with van der Waals surface area (Å²) < 4.78 is 0. The third kappa shape index (κ3) is 3.54. The summed E-state index contributed by atoms with van der Waals surface area (Å²) in [5.41, 5.74) is 1.32. The van der Waals surface area contributed by atoms with E-state index in [1.807, 2.05) is 48.5 Å². The first-order valence-corrected chi connectivity index (χ1v) is 8.62. The van der Waals surface area contributed by atoms with Crippen molar-refractivity contribution in [2.45, 2.75) is 18.2 Å². The van der Waals surface area contributed by atoms with E-state index in [9.17, 15) is 5.11 Å². The van der Waals surface area contributed by atoms with Crippen LogP contribution in [-0.2, 0) is 0 Å². The van der Waals surface area contributed by atoms with Crippen LogP contribution < -0.4 is 0 Å². The van der Waals surface area contributed by atoms with E-state index in [0.717, 1.165) is 33.5 Å². The fraction of sp³-hybridized carbons (Fsp3) is 0.158. The van der Waals surface area contributed by atoms with Crippen LogP contribution in [0, 0.1) is 0 Å². The summed E-state index contributed by atoms with van der Waals surface area (Å²) in [7, 11) is 0. The van der Waals surface area contributed by atoms with Crippen LogP contribution in [0.2, 0.25) is 0 Å². The number of phenols is 1. The molecule has 4 heteroatoms. The SMILES string of the molecule is CCCSc1ccccc1N=Nc1ccc2ccccc2c1O. The van der Waals surface area contributed by atoms with E-state index in [2.05, 4.69) is 23.2 Å². The quantitative estimate of drug-likeness (QED) is 0.432. The number of thioether (sulfide) groups is 1. The van der Waals surface area contributed by atoms with Gasteiger partial charge in [0.05, 0.1) is 5.69 Å². The Labute approximate surface area is 140 Å². The lowest BCUT2D eigenvalue weighted by Crippen LogP contribution is -1.77. The molecular formula is C19H18N2OS. The average Bonchev–Trinajstić information content (AvgIpc) is 2.60. The molecular weight excluding hydrogens is 304 g/mol. The molecule has 0 atom stereocenters. The molecule has 3 aromatic rings. The van der Waals surface area contributed by atoms with Gasteiger partial charge in [-0.2, -0.15) is 0 Å². The summed E-state index contributed by atoms with van der Waals surface area (Å²) in [6, 6.07) is 19.4. The van der Waals surface area contributed by atoms with Crippen molar-refractivity contribution in [1.29, 1.82) is 0 Å². The van der Waals surface area contributed by atoms with E-state index < -0.39 is 0 Å². The van der Waals surface area contributed by atoms with Crippen LogP contribution in [0.5, 0.6) is 5.75 Å². The molecule has 0 saturated carbocycles. The highest BCUT2D eigenvalue weighted by molar-refractivity contribution is 7.99. The highest BCUT2D eigenvalue weighted by atomic mass is 32.2. The fourth-order valence-corrected chi connectivity index (χ4v) is 3.16. The van der Waals surface area contributed by atoms with Crippen LogP contribution in [0.25, 0.3) is 10.8 Å². The summed E-state index contributed by atoms with van der Waals surface area (Å²) >= 11 is 1.77. The Morgan fingerprint density at radius 2 is 1.61 bits per heavy atom. The molecule has 0 aromatic heterocycles. The van der Waals surface area contributed by atoms with Crippen LogP contribution in [0.15, 0.2) is 75.8 Å². The third-order valence-electron chi connectivity index (χ3n) is 3.47. The molecule has 0 heterocycles. The van der Waals surface area contributed by atoms with Gasteiger partial charge in [0, 0.05) is 10.3 Å². The van der Waals surface area contributed by atoms with Crippen molar-refractivity contribution < 1.29 is 5.11 Å². The molecule has 3 nitrogen and oxygen atoms in total. The summed E-state index contributed by atoms with van der Waals surface area (Å²) in [5.74, 6) is 1.22. The molecule has 0 radical (unpaired) electrons. The van der Waals surface area contributed by atoms with Crippen molar-refractivity contribution in [2.75, 3.05) is 5.75 Å². The zero-order valence-electron chi connectivity index (χ0n) is 12.9. The monoisotopic (exact) mass is 322 g/mol. The van der Waals surface area contributed by atoms with Gasteiger partial charge >= 0.3 is 0 Å². The minimum Gasteiger partial charge on any atom is -0.505 e. The Morgan fingerprint density at radius 3 is 2.48 bits per heavy atom. The van der Waals surface area contributed by atoms with Crippen LogP contribution in [-0.4, -0.2) is 10.9 Å². The van der Waals surface area contributed by atoms with Gasteiger partial charge in [-0.25, -0.2) is 0 Å². The molecule has 116 valence electrons. The van der Waals surface area contributed by atoms with Gasteiger partial charge in [-0.1, -0.05) is 49.4 Å². The van der Waals surface area contributed by atoms with Gasteiger partial charge in [0.2, 0.25) is 0 Å². The van der Waals surface area contributed by atoms with E-state index >= 15 is 0 Å². The number of aromatic hydroxyl groups is 1. The number of fused-ring (bicyclic) bond motifs is 1. The van der Waals surface area contributed by atoms with Crippen LogP contribution in [0.3, 0.4) is 0 Å². The summed E-state index contributed by atoms with van der Waals surface area (Å²) in [6.45, 7) is 2.16. The predicted molar refractivity (Wildman–Crippen MR) is 97.2 cm³/mol. The second-order valence-electron chi connectivity index (χ2n) is 5.17. The number of benzene rings is 3. The third-order valence-corrected chi connectivity index (χ3v) is 4.74. The fourth-order valence-electron chi connectivity index (χ4n) is 2.31. The van der Waals surface area contributed by atoms with Gasteiger partial charge in [0.1, 0.15) is 5.69 Å². The maximum absolute atomic E-state index is 10.4. The van der Waals surface area contributed by atoms with Crippen molar-refractivity contribution in [3.05, 3.63) is 60.7 Å². The molecule has 0 bridgehead atoms. The second kappa shape index (κ2) is 7.29. The standard InChI is InChI=1S/C19H18N2OS/c1-2-13-23-18-10-6-5-9-16(18)20-21-17-12-11-14-7-3-4-8-15(14)19(17)22/h3-12,22H,2,13H2,1H3. The number of azo groups is 1. The average molecular weight is 322 g/mol. The van der Waals surface area contributed by atoms with E-state index in [1.165, 1.54) is 0 Å². The van der Waals surface area contributed by atoms with Crippen LogP contribution >= 0.6 is 11.8 Å². The van der Waals surface area contributed by atoms with Gasteiger partial charge < -0.3 is 5.11 Å². The van der Waals surface area contributed by atoms with Gasteiger partial charge in [-0.15, -0.1) is 22.0 Å². The van der Waals surface area contributed by atoms with Gasteiger partial charge in [-0.3, -0.25) is 0 Å². The molecule has 0 aliphatic rings. The van der Waals surface area contributed by atoms with Crippen LogP contribution in [0.1, 0.15) is 13.3 Å². The highest BCUT2D eigenvalue weighted by Crippen LogP contribution is 2.36. The molecule has 3 aromatic carbocycles. The van der Waals surface area contributed by atoms with E-state index in [-0.39, 0.29) is 5.75 Å². The summed E-state index contributed by atoms with van der Waals surface area (Å²) in [5, 5.41) is 20.8. The van der Waals surface area contributed by atoms with E-state index in [0.29, 0.717) is 5.69 Å². The summed E-state index contributed by atoms with van der Waals surface area (Å²) in [6.07, 6.45) is 1.11. The maximum atomic E-state index is 10.4. The first-order chi connectivity index (χ1) is 11.3. The topological polar surface area (TPSA) is 45.0 Å². The molecule has 0 aliphatic carbocycles. The van der Waals surface area contributed by atoms with Gasteiger partial charge in [-0.05, 0) is 35.8 Å². The Balaban J connectivity index is 1.93. The lowest BCUT2D eigenvalue weighted by Gasteiger charge is -2.05. The lowest BCUT2D eigenvalue weighted by molar-refractivity contribution is 0.482. The van der Waals surface area contributed by atoms with Crippen molar-refractivity contribution in [1.82, 2.24) is 0 Å². The largest absolute Gasteiger partial charge is 0.505 e. The Morgan fingerprint density at radius 1 is 0.870 bits per heavy atom. The summed E-state index contributed by atoms with van der Waals surface area (Å²) in [4.78, 5) is 1.11. The maximum Gasteiger partial charge on any atom is 0.150 e. The number of hydrogen-bond acceptors (Lipinski definition) is 4. The molecule has 0 saturated heterocycles. The normalized spacial score (nSPS) is 11.3. The van der Waals surface area contributed by atoms with Crippen molar-refractivity contribution in [3.63, 3.8) is 0 Å². The number of phenolic OH excluding ortho intramolecular Hbond substituents is 1. The minimum atomic E-state index is 0.172. The van der Waals surface area contributed by atoms with E-state index in [4.69, 9.17) is 0 Å². The first kappa shape index (κ1) is 15.6. The zero-order chi connectivity index (χ0) is 16.1. The van der Waals surface area contributed by atoms with E-state index in [1.54, 1.807) is 17.8 Å². The molecule has 1 N–H and O–H groups in total. The van der Waals surface area contributed by atoms with Gasteiger partial charge in [0.25, 0.3) is 0 Å². The van der Waals surface area contributed by atoms with Crippen molar-refractivity contribution >= 4 is 33.9 Å². The smallest absolute Gasteiger partial charge is 0.150 e. The molecule has 23 heavy (non-hydrogen) atoms. The second-order valence-corrected chi connectivity index (χ2v) is 6.31. The highest BCUT2D eigenvalue weighted by Gasteiger charge is 2.06. The Kier molecular flexibility index (Phi) is 4.93.